The fraction of sp³-hybridized carbons (Fsp3) is 0.235. The van der Waals surface area contributed by atoms with E-state index in [2.05, 4.69) is 70.4 Å². The molecular weight excluding hydrogens is 480 g/mol. The van der Waals surface area contributed by atoms with E-state index >= 15 is 0 Å². The normalized spacial score (nSPS) is 19.7. The number of hydrogen-bond donors (Lipinski definition) is 2. The van der Waals surface area contributed by atoms with Crippen molar-refractivity contribution in [2.45, 2.75) is 51.7 Å². The molecular formula is C34H34N4O. The Labute approximate surface area is 229 Å². The number of piperidine rings is 1. The fourth-order valence-corrected chi connectivity index (χ4v) is 5.72. The molecule has 39 heavy (non-hydrogen) atoms. The Morgan fingerprint density at radius 3 is 2.46 bits per heavy atom. The van der Waals surface area contributed by atoms with Gasteiger partial charge in [-0.1, -0.05) is 73.2 Å². The highest BCUT2D eigenvalue weighted by atomic mass is 16.3. The number of azo groups is 1. The van der Waals surface area contributed by atoms with Crippen molar-refractivity contribution in [3.8, 4) is 17.0 Å². The molecule has 2 atom stereocenters. The molecule has 3 aromatic carbocycles. The molecule has 0 unspecified atom stereocenters. The highest BCUT2D eigenvalue weighted by molar-refractivity contribution is 5.78. The average Bonchev–Trinajstić information content (AvgIpc) is 3.53. The van der Waals surface area contributed by atoms with Crippen molar-refractivity contribution >= 4 is 23.5 Å². The standard InChI is InChI=1S/C34H34N4O/c1-23-7-6-8-24(2)38(23)22-26-13-11-25(12-14-26)16-18-32-29-17-15-27(20-33(29)37-36-32)19-30-31(21-35-34(30)39)28-9-4-3-5-10-28/h3-5,9-21,23-24,35,39H,6-8,22H2,1-2H3/b18-16+,27-19?/t23-,24+. The zero-order chi connectivity index (χ0) is 26.8. The zero-order valence-electron chi connectivity index (χ0n) is 22.5. The third kappa shape index (κ3) is 5.36. The van der Waals surface area contributed by atoms with Crippen molar-refractivity contribution in [3.63, 3.8) is 0 Å². The van der Waals surface area contributed by atoms with Crippen LogP contribution >= 0.6 is 0 Å². The van der Waals surface area contributed by atoms with E-state index in [9.17, 15) is 5.11 Å². The first-order chi connectivity index (χ1) is 19.0. The van der Waals surface area contributed by atoms with E-state index in [1.807, 2.05) is 60.8 Å². The molecule has 196 valence electrons. The topological polar surface area (TPSA) is 64.0 Å². The predicted octanol–water partition coefficient (Wildman–Crippen LogP) is 6.90. The van der Waals surface area contributed by atoms with Crippen LogP contribution in [-0.4, -0.2) is 27.1 Å². The third-order valence-corrected chi connectivity index (χ3v) is 8.01. The van der Waals surface area contributed by atoms with Crippen LogP contribution in [0.25, 0.3) is 29.0 Å². The predicted molar refractivity (Wildman–Crippen MR) is 159 cm³/mol. The number of aromatic amines is 1. The molecule has 0 spiro atoms. The minimum Gasteiger partial charge on any atom is -0.494 e. The lowest BCUT2D eigenvalue weighted by atomic mass is 9.96. The summed E-state index contributed by atoms with van der Waals surface area (Å²) in [5.74, 6) is 0.150. The lowest BCUT2D eigenvalue weighted by Gasteiger charge is -2.39. The number of aromatic nitrogens is 1. The van der Waals surface area contributed by atoms with Gasteiger partial charge in [0.15, 0.2) is 5.88 Å². The van der Waals surface area contributed by atoms with Gasteiger partial charge in [-0.3, -0.25) is 4.90 Å². The number of benzene rings is 3. The summed E-state index contributed by atoms with van der Waals surface area (Å²) in [6.07, 6.45) is 11.9. The van der Waals surface area contributed by atoms with Gasteiger partial charge in [0.2, 0.25) is 0 Å². The van der Waals surface area contributed by atoms with Gasteiger partial charge in [-0.2, -0.15) is 0 Å². The summed E-state index contributed by atoms with van der Waals surface area (Å²) in [4.78, 5) is 5.57. The van der Waals surface area contributed by atoms with Crippen molar-refractivity contribution in [1.29, 1.82) is 0 Å². The van der Waals surface area contributed by atoms with E-state index in [1.165, 1.54) is 24.8 Å². The second-order valence-corrected chi connectivity index (χ2v) is 10.7. The second-order valence-electron chi connectivity index (χ2n) is 10.7. The van der Waals surface area contributed by atoms with Crippen molar-refractivity contribution in [1.82, 2.24) is 9.88 Å². The maximum absolute atomic E-state index is 10.4. The Balaban J connectivity index is 1.21. The van der Waals surface area contributed by atoms with Gasteiger partial charge in [0, 0.05) is 41.2 Å². The zero-order valence-corrected chi connectivity index (χ0v) is 22.5. The Bertz CT molecular complexity index is 1640. The third-order valence-electron chi connectivity index (χ3n) is 8.01. The Morgan fingerprint density at radius 1 is 0.923 bits per heavy atom. The van der Waals surface area contributed by atoms with Crippen LogP contribution in [0.3, 0.4) is 0 Å². The number of nitrogens with zero attached hydrogens (tertiary/aromatic N) is 3. The van der Waals surface area contributed by atoms with E-state index in [-0.39, 0.29) is 5.88 Å². The number of likely N-dealkylation sites (tertiary alicyclic amines) is 1. The number of aromatic hydroxyl groups is 1. The fourth-order valence-electron chi connectivity index (χ4n) is 5.72. The summed E-state index contributed by atoms with van der Waals surface area (Å²) >= 11 is 0. The van der Waals surface area contributed by atoms with Gasteiger partial charge >= 0.3 is 0 Å². The maximum atomic E-state index is 10.4. The molecule has 1 saturated heterocycles. The van der Waals surface area contributed by atoms with E-state index in [1.54, 1.807) is 0 Å². The Hall–Kier alpha value is -4.22. The molecule has 6 rings (SSSR count). The molecule has 3 heterocycles. The van der Waals surface area contributed by atoms with Gasteiger partial charge in [-0.05, 0) is 72.9 Å². The Kier molecular flexibility index (Phi) is 6.99. The van der Waals surface area contributed by atoms with Gasteiger partial charge in [0.1, 0.15) is 0 Å². The smallest absolute Gasteiger partial charge is 0.196 e. The molecule has 0 radical (unpaired) electrons. The lowest BCUT2D eigenvalue weighted by molar-refractivity contribution is 0.0953. The van der Waals surface area contributed by atoms with Crippen molar-refractivity contribution in [2.24, 2.45) is 10.2 Å². The van der Waals surface area contributed by atoms with E-state index in [0.29, 0.717) is 12.1 Å². The van der Waals surface area contributed by atoms with Crippen LogP contribution in [0.1, 0.15) is 49.8 Å². The minimum atomic E-state index is 0.150. The van der Waals surface area contributed by atoms with Crippen molar-refractivity contribution in [2.75, 3.05) is 0 Å². The summed E-state index contributed by atoms with van der Waals surface area (Å²) in [6, 6.07) is 26.3. The molecule has 2 N–H and O–H groups in total. The summed E-state index contributed by atoms with van der Waals surface area (Å²) in [5, 5.41) is 21.3. The SMILES string of the molecule is C[C@@H]1CCC[C@H](C)N1Cc1ccc(/C=C/C2=c3ccc(=Cc4c(-c5ccccc5)c[nH]c4O)cc3N=N2)cc1. The first-order valence-electron chi connectivity index (χ1n) is 13.8. The highest BCUT2D eigenvalue weighted by Gasteiger charge is 2.24. The molecule has 0 aliphatic carbocycles. The van der Waals surface area contributed by atoms with Crippen LogP contribution in [-0.2, 0) is 6.54 Å². The van der Waals surface area contributed by atoms with Gasteiger partial charge in [0.25, 0.3) is 0 Å². The van der Waals surface area contributed by atoms with Crippen LogP contribution < -0.4 is 10.4 Å². The average molecular weight is 515 g/mol. The maximum Gasteiger partial charge on any atom is 0.196 e. The molecule has 1 aromatic heterocycles. The first-order valence-corrected chi connectivity index (χ1v) is 13.8. The summed E-state index contributed by atoms with van der Waals surface area (Å²) < 4.78 is 0. The van der Waals surface area contributed by atoms with E-state index in [0.717, 1.165) is 50.6 Å². The van der Waals surface area contributed by atoms with E-state index in [4.69, 9.17) is 0 Å². The van der Waals surface area contributed by atoms with Gasteiger partial charge in [-0.15, -0.1) is 10.2 Å². The summed E-state index contributed by atoms with van der Waals surface area (Å²) in [5.41, 5.74) is 6.95. The molecule has 2 aliphatic heterocycles. The highest BCUT2D eigenvalue weighted by Crippen LogP contribution is 2.30. The number of nitrogens with one attached hydrogen (secondary N) is 1. The van der Waals surface area contributed by atoms with E-state index < -0.39 is 0 Å². The molecule has 0 amide bonds. The first kappa shape index (κ1) is 25.1. The number of fused-ring (bicyclic) bond motifs is 1. The molecule has 0 bridgehead atoms. The largest absolute Gasteiger partial charge is 0.494 e. The number of rotatable bonds is 6. The second kappa shape index (κ2) is 10.9. The van der Waals surface area contributed by atoms with Gasteiger partial charge < -0.3 is 10.1 Å². The molecule has 5 heteroatoms. The van der Waals surface area contributed by atoms with Crippen LogP contribution in [0.5, 0.6) is 5.88 Å². The van der Waals surface area contributed by atoms with Crippen molar-refractivity contribution < 1.29 is 5.11 Å². The van der Waals surface area contributed by atoms with Crippen molar-refractivity contribution in [3.05, 3.63) is 112 Å². The summed E-state index contributed by atoms with van der Waals surface area (Å²) in [7, 11) is 0. The molecule has 0 saturated carbocycles. The van der Waals surface area contributed by atoms with Crippen LogP contribution in [0.4, 0.5) is 5.69 Å². The van der Waals surface area contributed by atoms with Crippen LogP contribution in [0.2, 0.25) is 0 Å². The summed E-state index contributed by atoms with van der Waals surface area (Å²) in [6.45, 7) is 5.72. The van der Waals surface area contributed by atoms with Gasteiger partial charge in [0.05, 0.1) is 11.4 Å². The minimum absolute atomic E-state index is 0.150. The number of hydrogen-bond acceptors (Lipinski definition) is 4. The molecule has 5 nitrogen and oxygen atoms in total. The lowest BCUT2D eigenvalue weighted by Crippen LogP contribution is -2.42. The molecule has 1 fully saturated rings. The number of H-pyrrole nitrogens is 1. The molecule has 2 aliphatic rings. The molecule has 4 aromatic rings. The quantitative estimate of drug-likeness (QED) is 0.294. The van der Waals surface area contributed by atoms with Crippen LogP contribution in [0, 0.1) is 0 Å². The Morgan fingerprint density at radius 2 is 1.69 bits per heavy atom. The monoisotopic (exact) mass is 514 g/mol. The van der Waals surface area contributed by atoms with Gasteiger partial charge in [-0.25, -0.2) is 0 Å². The van der Waals surface area contributed by atoms with Crippen LogP contribution in [0.15, 0.2) is 95.3 Å².